The van der Waals surface area contributed by atoms with Gasteiger partial charge in [-0.3, -0.25) is 0 Å². The van der Waals surface area contributed by atoms with Gasteiger partial charge >= 0.3 is 0 Å². The van der Waals surface area contributed by atoms with E-state index in [9.17, 15) is 0 Å². The molecular weight excluding hydrogens is 354 g/mol. The number of aromatic nitrogens is 1. The van der Waals surface area contributed by atoms with E-state index < -0.39 is 0 Å². The van der Waals surface area contributed by atoms with E-state index in [0.717, 1.165) is 50.6 Å². The number of hydrogen-bond acceptors (Lipinski definition) is 5. The summed E-state index contributed by atoms with van der Waals surface area (Å²) in [6.07, 6.45) is 1.08. The summed E-state index contributed by atoms with van der Waals surface area (Å²) in [7, 11) is 0. The van der Waals surface area contributed by atoms with Gasteiger partial charge in [-0.2, -0.15) is 0 Å². The van der Waals surface area contributed by atoms with Crippen molar-refractivity contribution in [1.29, 1.82) is 0 Å². The Balaban J connectivity index is 1.65. The average molecular weight is 382 g/mol. The molecule has 0 radical (unpaired) electrons. The number of anilines is 1. The zero-order chi connectivity index (χ0) is 18.6. The summed E-state index contributed by atoms with van der Waals surface area (Å²) < 4.78 is 5.55. The Morgan fingerprint density at radius 1 is 1.22 bits per heavy atom. The maximum absolute atomic E-state index is 5.55. The van der Waals surface area contributed by atoms with Gasteiger partial charge in [-0.15, -0.1) is 11.3 Å². The number of ether oxygens (including phenoxy) is 1. The zero-order valence-corrected chi connectivity index (χ0v) is 16.9. The van der Waals surface area contributed by atoms with Crippen molar-refractivity contribution in [2.45, 2.75) is 32.9 Å². The lowest BCUT2D eigenvalue weighted by molar-refractivity contribution is 0.122. The second-order valence-corrected chi connectivity index (χ2v) is 8.10. The SMILES string of the molecule is CC[C@H](NCc1cc2ccc(C)cc2nc1N1CCOCC1)c1cccs1. The molecule has 1 N–H and O–H groups in total. The summed E-state index contributed by atoms with van der Waals surface area (Å²) in [4.78, 5) is 8.83. The molecule has 3 aromatic rings. The van der Waals surface area contributed by atoms with Crippen molar-refractivity contribution < 1.29 is 4.74 Å². The van der Waals surface area contributed by atoms with E-state index in [2.05, 4.69) is 65.8 Å². The summed E-state index contributed by atoms with van der Waals surface area (Å²) in [5, 5.41) is 7.11. The van der Waals surface area contributed by atoms with Crippen LogP contribution in [-0.4, -0.2) is 31.3 Å². The monoisotopic (exact) mass is 381 g/mol. The summed E-state index contributed by atoms with van der Waals surface area (Å²) in [6.45, 7) is 8.53. The van der Waals surface area contributed by atoms with Gasteiger partial charge in [0.15, 0.2) is 0 Å². The van der Waals surface area contributed by atoms with Gasteiger partial charge in [0.2, 0.25) is 0 Å². The van der Waals surface area contributed by atoms with Crippen LogP contribution in [0.4, 0.5) is 5.82 Å². The van der Waals surface area contributed by atoms with Crippen molar-refractivity contribution in [2.75, 3.05) is 31.2 Å². The van der Waals surface area contributed by atoms with Crippen molar-refractivity contribution >= 4 is 28.1 Å². The Kier molecular flexibility index (Phi) is 5.72. The van der Waals surface area contributed by atoms with Crippen molar-refractivity contribution in [3.05, 3.63) is 57.8 Å². The van der Waals surface area contributed by atoms with Gasteiger partial charge < -0.3 is 15.0 Å². The highest BCUT2D eigenvalue weighted by molar-refractivity contribution is 7.10. The number of fused-ring (bicyclic) bond motifs is 1. The third-order valence-corrected chi connectivity index (χ3v) is 6.16. The van der Waals surface area contributed by atoms with Crippen LogP contribution in [0.5, 0.6) is 0 Å². The lowest BCUT2D eigenvalue weighted by atomic mass is 10.1. The maximum Gasteiger partial charge on any atom is 0.133 e. The Morgan fingerprint density at radius 3 is 2.81 bits per heavy atom. The van der Waals surface area contributed by atoms with Crippen LogP contribution < -0.4 is 10.2 Å². The summed E-state index contributed by atoms with van der Waals surface area (Å²) >= 11 is 1.82. The molecule has 1 saturated heterocycles. The molecule has 1 aliphatic rings. The van der Waals surface area contributed by atoms with Crippen LogP contribution in [0.1, 0.15) is 35.4 Å². The van der Waals surface area contributed by atoms with Crippen molar-refractivity contribution in [1.82, 2.24) is 10.3 Å². The summed E-state index contributed by atoms with van der Waals surface area (Å²) in [5.74, 6) is 1.10. The minimum absolute atomic E-state index is 0.385. The van der Waals surface area contributed by atoms with Crippen molar-refractivity contribution in [3.8, 4) is 0 Å². The second-order valence-electron chi connectivity index (χ2n) is 7.12. The molecule has 4 rings (SSSR count). The molecule has 3 heterocycles. The molecule has 1 atom stereocenters. The molecule has 0 saturated carbocycles. The van der Waals surface area contributed by atoms with Gasteiger partial charge in [0, 0.05) is 41.5 Å². The first-order chi connectivity index (χ1) is 13.2. The van der Waals surface area contributed by atoms with E-state index in [-0.39, 0.29) is 0 Å². The Hall–Kier alpha value is -1.95. The van der Waals surface area contributed by atoms with Gasteiger partial charge in [0.05, 0.1) is 18.7 Å². The highest BCUT2D eigenvalue weighted by Crippen LogP contribution is 2.27. The molecule has 0 aliphatic carbocycles. The molecule has 27 heavy (non-hydrogen) atoms. The van der Waals surface area contributed by atoms with E-state index in [1.807, 2.05) is 11.3 Å². The first-order valence-corrected chi connectivity index (χ1v) is 10.6. The minimum Gasteiger partial charge on any atom is -0.378 e. The molecule has 1 aliphatic heterocycles. The highest BCUT2D eigenvalue weighted by Gasteiger charge is 2.18. The number of morpholine rings is 1. The molecule has 1 aromatic carbocycles. The van der Waals surface area contributed by atoms with Crippen molar-refractivity contribution in [3.63, 3.8) is 0 Å². The van der Waals surface area contributed by atoms with Crippen LogP contribution in [0.25, 0.3) is 10.9 Å². The predicted octanol–water partition coefficient (Wildman–Crippen LogP) is 4.68. The molecule has 0 amide bonds. The van der Waals surface area contributed by atoms with E-state index in [1.54, 1.807) is 0 Å². The molecular formula is C22H27N3OS. The van der Waals surface area contributed by atoms with Crippen LogP contribution in [0, 0.1) is 6.92 Å². The number of hydrogen-bond donors (Lipinski definition) is 1. The molecule has 0 unspecified atom stereocenters. The average Bonchev–Trinajstić information content (AvgIpc) is 3.23. The predicted molar refractivity (Wildman–Crippen MR) is 114 cm³/mol. The van der Waals surface area contributed by atoms with E-state index in [4.69, 9.17) is 9.72 Å². The van der Waals surface area contributed by atoms with Crippen LogP contribution in [0.15, 0.2) is 41.8 Å². The van der Waals surface area contributed by atoms with Crippen molar-refractivity contribution in [2.24, 2.45) is 0 Å². The maximum atomic E-state index is 5.55. The zero-order valence-electron chi connectivity index (χ0n) is 16.1. The number of rotatable bonds is 6. The molecule has 5 heteroatoms. The number of thiophene rings is 1. The second kappa shape index (κ2) is 8.38. The number of benzene rings is 1. The van der Waals surface area contributed by atoms with Gasteiger partial charge in [-0.1, -0.05) is 25.1 Å². The largest absolute Gasteiger partial charge is 0.378 e. The quantitative estimate of drug-likeness (QED) is 0.673. The molecule has 4 nitrogen and oxygen atoms in total. The van der Waals surface area contributed by atoms with Crippen LogP contribution in [-0.2, 0) is 11.3 Å². The topological polar surface area (TPSA) is 37.4 Å². The number of aryl methyl sites for hydroxylation is 1. The lowest BCUT2D eigenvalue weighted by Gasteiger charge is -2.30. The number of nitrogens with one attached hydrogen (secondary N) is 1. The van der Waals surface area contributed by atoms with Gasteiger partial charge in [-0.05, 0) is 42.5 Å². The Bertz CT molecular complexity index is 888. The molecule has 0 bridgehead atoms. The van der Waals surface area contributed by atoms with Gasteiger partial charge in [0.1, 0.15) is 5.82 Å². The first kappa shape index (κ1) is 18.4. The van der Waals surface area contributed by atoms with E-state index in [0.29, 0.717) is 6.04 Å². The standard InChI is InChI=1S/C22H27N3OS/c1-3-19(21-5-4-12-27-21)23-15-18-14-17-7-6-16(2)13-20(17)24-22(18)25-8-10-26-11-9-25/h4-7,12-14,19,23H,3,8-11,15H2,1-2H3/t19-/m0/s1. The fraction of sp³-hybridized carbons (Fsp3) is 0.409. The molecule has 0 spiro atoms. The molecule has 2 aromatic heterocycles. The van der Waals surface area contributed by atoms with Gasteiger partial charge in [0.25, 0.3) is 0 Å². The molecule has 142 valence electrons. The third kappa shape index (κ3) is 4.15. The highest BCUT2D eigenvalue weighted by atomic mass is 32.1. The van der Waals surface area contributed by atoms with Crippen LogP contribution in [0.2, 0.25) is 0 Å². The fourth-order valence-electron chi connectivity index (χ4n) is 3.66. The van der Waals surface area contributed by atoms with E-state index in [1.165, 1.54) is 21.4 Å². The first-order valence-electron chi connectivity index (χ1n) is 9.74. The smallest absolute Gasteiger partial charge is 0.133 e. The Morgan fingerprint density at radius 2 is 2.07 bits per heavy atom. The van der Waals surface area contributed by atoms with Crippen LogP contribution >= 0.6 is 11.3 Å². The lowest BCUT2D eigenvalue weighted by Crippen LogP contribution is -2.37. The van der Waals surface area contributed by atoms with Gasteiger partial charge in [-0.25, -0.2) is 4.98 Å². The van der Waals surface area contributed by atoms with Crippen LogP contribution in [0.3, 0.4) is 0 Å². The number of pyridine rings is 1. The minimum atomic E-state index is 0.385. The summed E-state index contributed by atoms with van der Waals surface area (Å²) in [5.41, 5.74) is 3.59. The normalized spacial score (nSPS) is 16.0. The summed E-state index contributed by atoms with van der Waals surface area (Å²) in [6, 6.07) is 13.6. The third-order valence-electron chi connectivity index (χ3n) is 5.17. The fourth-order valence-corrected chi connectivity index (χ4v) is 4.54. The number of nitrogens with zero attached hydrogens (tertiary/aromatic N) is 2. The Labute approximate surface area is 165 Å². The molecule has 1 fully saturated rings. The van der Waals surface area contributed by atoms with E-state index >= 15 is 0 Å².